The molecule has 0 N–H and O–H groups in total. The molecule has 3 nitrogen and oxygen atoms in total. The summed E-state index contributed by atoms with van der Waals surface area (Å²) >= 11 is 5.78. The standard InChI is InChI=1S/C12H15ClN2O/c1-9-5-2-3-8-15(9)12(16)10-6-4-7-11(13)14-10/h4,6-7,9H,2-3,5,8H2,1H3. The van der Waals surface area contributed by atoms with E-state index < -0.39 is 0 Å². The van der Waals surface area contributed by atoms with Crippen LogP contribution in [0.25, 0.3) is 0 Å². The van der Waals surface area contributed by atoms with E-state index in [1.165, 1.54) is 6.42 Å². The molecule has 0 radical (unpaired) electrons. The molecule has 0 spiro atoms. The molecule has 0 saturated carbocycles. The average Bonchev–Trinajstić information content (AvgIpc) is 2.29. The maximum atomic E-state index is 12.2. The fourth-order valence-corrected chi connectivity index (χ4v) is 2.24. The molecule has 1 fully saturated rings. The Labute approximate surface area is 100 Å². The quantitative estimate of drug-likeness (QED) is 0.705. The second kappa shape index (κ2) is 4.83. The van der Waals surface area contributed by atoms with Crippen LogP contribution in [0.3, 0.4) is 0 Å². The molecule has 1 amide bonds. The van der Waals surface area contributed by atoms with Gasteiger partial charge >= 0.3 is 0 Å². The summed E-state index contributed by atoms with van der Waals surface area (Å²) in [5.41, 5.74) is 0.446. The second-order valence-corrected chi connectivity index (χ2v) is 4.58. The van der Waals surface area contributed by atoms with E-state index in [9.17, 15) is 4.79 Å². The van der Waals surface area contributed by atoms with Crippen molar-refractivity contribution >= 4 is 17.5 Å². The third-order valence-electron chi connectivity index (χ3n) is 3.00. The zero-order valence-corrected chi connectivity index (χ0v) is 10.1. The predicted molar refractivity (Wildman–Crippen MR) is 63.6 cm³/mol. The number of pyridine rings is 1. The van der Waals surface area contributed by atoms with Crippen molar-refractivity contribution in [1.82, 2.24) is 9.88 Å². The normalized spacial score (nSPS) is 20.9. The van der Waals surface area contributed by atoms with Crippen LogP contribution in [0.2, 0.25) is 5.15 Å². The number of halogens is 1. The van der Waals surface area contributed by atoms with Gasteiger partial charge in [0.2, 0.25) is 0 Å². The van der Waals surface area contributed by atoms with Gasteiger partial charge < -0.3 is 4.90 Å². The Morgan fingerprint density at radius 2 is 2.31 bits per heavy atom. The molecule has 1 aromatic heterocycles. The molecule has 16 heavy (non-hydrogen) atoms. The van der Waals surface area contributed by atoms with Gasteiger partial charge in [-0.15, -0.1) is 0 Å². The highest BCUT2D eigenvalue weighted by atomic mass is 35.5. The lowest BCUT2D eigenvalue weighted by Crippen LogP contribution is -2.42. The molecule has 1 saturated heterocycles. The Kier molecular flexibility index (Phi) is 3.44. The van der Waals surface area contributed by atoms with E-state index in [0.717, 1.165) is 19.4 Å². The van der Waals surface area contributed by atoms with Gasteiger partial charge in [-0.25, -0.2) is 4.98 Å². The Morgan fingerprint density at radius 1 is 1.50 bits per heavy atom. The summed E-state index contributed by atoms with van der Waals surface area (Å²) in [6, 6.07) is 5.46. The summed E-state index contributed by atoms with van der Waals surface area (Å²) in [6.45, 7) is 2.91. The summed E-state index contributed by atoms with van der Waals surface area (Å²) in [5, 5.41) is 0.371. The van der Waals surface area contributed by atoms with Crippen molar-refractivity contribution in [3.05, 3.63) is 29.0 Å². The molecule has 0 aromatic carbocycles. The number of carbonyl (C=O) groups is 1. The number of rotatable bonds is 1. The van der Waals surface area contributed by atoms with Crippen LogP contribution < -0.4 is 0 Å². The molecule has 2 heterocycles. The highest BCUT2D eigenvalue weighted by Crippen LogP contribution is 2.19. The largest absolute Gasteiger partial charge is 0.335 e. The van der Waals surface area contributed by atoms with Crippen LogP contribution in [0.1, 0.15) is 36.7 Å². The smallest absolute Gasteiger partial charge is 0.272 e. The number of hydrogen-bond donors (Lipinski definition) is 0. The van der Waals surface area contributed by atoms with Crippen LogP contribution in [-0.4, -0.2) is 28.4 Å². The molecule has 1 atom stereocenters. The van der Waals surface area contributed by atoms with Crippen molar-refractivity contribution in [3.8, 4) is 0 Å². The monoisotopic (exact) mass is 238 g/mol. The lowest BCUT2D eigenvalue weighted by Gasteiger charge is -2.33. The first kappa shape index (κ1) is 11.4. The zero-order valence-electron chi connectivity index (χ0n) is 9.32. The zero-order chi connectivity index (χ0) is 11.5. The van der Waals surface area contributed by atoms with Crippen molar-refractivity contribution in [2.75, 3.05) is 6.54 Å². The minimum Gasteiger partial charge on any atom is -0.335 e. The van der Waals surface area contributed by atoms with Gasteiger partial charge in [0, 0.05) is 12.6 Å². The predicted octanol–water partition coefficient (Wildman–Crippen LogP) is 2.75. The van der Waals surface area contributed by atoms with E-state index >= 15 is 0 Å². The highest BCUT2D eigenvalue weighted by molar-refractivity contribution is 6.29. The summed E-state index contributed by atoms with van der Waals surface area (Å²) in [7, 11) is 0. The number of aromatic nitrogens is 1. The van der Waals surface area contributed by atoms with Crippen LogP contribution in [-0.2, 0) is 0 Å². The molecule has 1 aromatic rings. The molecule has 0 aliphatic carbocycles. The number of nitrogens with zero attached hydrogens (tertiary/aromatic N) is 2. The van der Waals surface area contributed by atoms with Crippen LogP contribution in [0.15, 0.2) is 18.2 Å². The first-order chi connectivity index (χ1) is 7.68. The summed E-state index contributed by atoms with van der Waals surface area (Å²) < 4.78 is 0. The molecule has 4 heteroatoms. The van der Waals surface area contributed by atoms with E-state index in [0.29, 0.717) is 16.9 Å². The van der Waals surface area contributed by atoms with E-state index in [1.807, 2.05) is 4.90 Å². The summed E-state index contributed by atoms with van der Waals surface area (Å²) in [4.78, 5) is 18.1. The lowest BCUT2D eigenvalue weighted by molar-refractivity contribution is 0.0629. The Balaban J connectivity index is 2.17. The number of piperidine rings is 1. The Bertz CT molecular complexity index is 394. The molecule has 2 rings (SSSR count). The maximum absolute atomic E-state index is 12.2. The lowest BCUT2D eigenvalue weighted by atomic mass is 10.0. The molecule has 1 aliphatic heterocycles. The van der Waals surface area contributed by atoms with Crippen molar-refractivity contribution in [1.29, 1.82) is 0 Å². The van der Waals surface area contributed by atoms with Gasteiger partial charge in [-0.1, -0.05) is 17.7 Å². The van der Waals surface area contributed by atoms with Crippen LogP contribution in [0, 0.1) is 0 Å². The van der Waals surface area contributed by atoms with Crippen molar-refractivity contribution in [2.24, 2.45) is 0 Å². The summed E-state index contributed by atoms with van der Waals surface area (Å²) in [6.07, 6.45) is 3.36. The van der Waals surface area contributed by atoms with Crippen molar-refractivity contribution < 1.29 is 4.79 Å². The number of hydrogen-bond acceptors (Lipinski definition) is 2. The van der Waals surface area contributed by atoms with Crippen molar-refractivity contribution in [3.63, 3.8) is 0 Å². The van der Waals surface area contributed by atoms with Gasteiger partial charge in [0.25, 0.3) is 5.91 Å². The Hall–Kier alpha value is -1.09. The minimum atomic E-state index is -0.00491. The van der Waals surface area contributed by atoms with Gasteiger partial charge in [0.15, 0.2) is 0 Å². The van der Waals surface area contributed by atoms with E-state index in [-0.39, 0.29) is 5.91 Å². The van der Waals surface area contributed by atoms with Gasteiger partial charge in [0.1, 0.15) is 10.8 Å². The molecule has 1 unspecified atom stereocenters. The maximum Gasteiger partial charge on any atom is 0.272 e. The van der Waals surface area contributed by atoms with E-state index in [1.54, 1.807) is 18.2 Å². The van der Waals surface area contributed by atoms with Crippen LogP contribution in [0.5, 0.6) is 0 Å². The fourth-order valence-electron chi connectivity index (χ4n) is 2.07. The summed E-state index contributed by atoms with van der Waals surface area (Å²) in [5.74, 6) is -0.00491. The number of amides is 1. The SMILES string of the molecule is CC1CCCCN1C(=O)c1cccc(Cl)n1. The first-order valence-electron chi connectivity index (χ1n) is 5.62. The fraction of sp³-hybridized carbons (Fsp3) is 0.500. The van der Waals surface area contributed by atoms with Crippen LogP contribution in [0.4, 0.5) is 0 Å². The van der Waals surface area contributed by atoms with E-state index in [4.69, 9.17) is 11.6 Å². The number of carbonyl (C=O) groups excluding carboxylic acids is 1. The minimum absolute atomic E-state index is 0.00491. The van der Waals surface area contributed by atoms with Crippen molar-refractivity contribution in [2.45, 2.75) is 32.2 Å². The van der Waals surface area contributed by atoms with Gasteiger partial charge in [0.05, 0.1) is 0 Å². The second-order valence-electron chi connectivity index (χ2n) is 4.19. The van der Waals surface area contributed by atoms with E-state index in [2.05, 4.69) is 11.9 Å². The first-order valence-corrected chi connectivity index (χ1v) is 6.00. The molecular formula is C12H15ClN2O. The third-order valence-corrected chi connectivity index (χ3v) is 3.21. The molecule has 86 valence electrons. The molecule has 0 bridgehead atoms. The van der Waals surface area contributed by atoms with Gasteiger partial charge in [-0.05, 0) is 38.3 Å². The highest BCUT2D eigenvalue weighted by Gasteiger charge is 2.24. The molecular weight excluding hydrogens is 224 g/mol. The van der Waals surface area contributed by atoms with Crippen LogP contribution >= 0.6 is 11.6 Å². The Morgan fingerprint density at radius 3 is 3.00 bits per heavy atom. The molecule has 1 aliphatic rings. The topological polar surface area (TPSA) is 33.2 Å². The average molecular weight is 239 g/mol. The number of likely N-dealkylation sites (tertiary alicyclic amines) is 1. The van der Waals surface area contributed by atoms with Gasteiger partial charge in [-0.2, -0.15) is 0 Å². The van der Waals surface area contributed by atoms with Gasteiger partial charge in [-0.3, -0.25) is 4.79 Å². The third kappa shape index (κ3) is 2.35.